The standard InChI is InChI=1S/C18H20BrN/c19-17-8-6-14(7-9-17)12-16-10-11-20-13-18(16)15-4-2-1-3-5-15/h1-9,16,18,20H,10-13H2. The summed E-state index contributed by atoms with van der Waals surface area (Å²) in [6.45, 7) is 2.25. The van der Waals surface area contributed by atoms with E-state index in [0.29, 0.717) is 5.92 Å². The Hall–Kier alpha value is -1.12. The van der Waals surface area contributed by atoms with E-state index in [1.807, 2.05) is 0 Å². The lowest BCUT2D eigenvalue weighted by Crippen LogP contribution is -2.36. The third kappa shape index (κ3) is 3.31. The van der Waals surface area contributed by atoms with Gasteiger partial charge in [0.1, 0.15) is 0 Å². The van der Waals surface area contributed by atoms with E-state index in [4.69, 9.17) is 0 Å². The maximum absolute atomic E-state index is 3.55. The molecule has 2 heteroatoms. The lowest BCUT2D eigenvalue weighted by molar-refractivity contribution is 0.322. The summed E-state index contributed by atoms with van der Waals surface area (Å²) in [6.07, 6.45) is 2.43. The minimum absolute atomic E-state index is 0.633. The number of hydrogen-bond donors (Lipinski definition) is 1. The molecule has 2 unspecified atom stereocenters. The van der Waals surface area contributed by atoms with Crippen molar-refractivity contribution in [1.29, 1.82) is 0 Å². The second-order valence-electron chi connectivity index (χ2n) is 5.60. The zero-order valence-electron chi connectivity index (χ0n) is 11.6. The van der Waals surface area contributed by atoms with Crippen molar-refractivity contribution in [3.63, 3.8) is 0 Å². The van der Waals surface area contributed by atoms with E-state index in [0.717, 1.165) is 23.5 Å². The Bertz CT molecular complexity index is 535. The molecule has 3 rings (SSSR count). The average Bonchev–Trinajstić information content (AvgIpc) is 2.51. The first kappa shape index (κ1) is 13.8. The molecule has 0 bridgehead atoms. The van der Waals surface area contributed by atoms with Gasteiger partial charge in [-0.2, -0.15) is 0 Å². The summed E-state index contributed by atoms with van der Waals surface area (Å²) >= 11 is 3.51. The van der Waals surface area contributed by atoms with Crippen molar-refractivity contribution in [3.05, 3.63) is 70.2 Å². The van der Waals surface area contributed by atoms with Crippen LogP contribution < -0.4 is 5.32 Å². The molecule has 1 saturated heterocycles. The molecule has 2 atom stereocenters. The van der Waals surface area contributed by atoms with Gasteiger partial charge in [-0.15, -0.1) is 0 Å². The number of hydrogen-bond acceptors (Lipinski definition) is 1. The van der Waals surface area contributed by atoms with E-state index in [1.165, 1.54) is 24.0 Å². The molecule has 0 aromatic heterocycles. The van der Waals surface area contributed by atoms with Gasteiger partial charge in [0, 0.05) is 11.0 Å². The molecule has 1 aliphatic heterocycles. The Labute approximate surface area is 129 Å². The third-order valence-corrected chi connectivity index (χ3v) is 4.79. The minimum atomic E-state index is 0.633. The zero-order valence-corrected chi connectivity index (χ0v) is 13.1. The molecule has 2 aromatic carbocycles. The summed E-state index contributed by atoms with van der Waals surface area (Å²) in [4.78, 5) is 0. The molecule has 20 heavy (non-hydrogen) atoms. The lowest BCUT2D eigenvalue weighted by atomic mass is 9.78. The number of nitrogens with one attached hydrogen (secondary N) is 1. The zero-order chi connectivity index (χ0) is 13.8. The number of halogens is 1. The molecule has 0 amide bonds. The first-order chi connectivity index (χ1) is 9.83. The van der Waals surface area contributed by atoms with Crippen molar-refractivity contribution >= 4 is 15.9 Å². The lowest BCUT2D eigenvalue weighted by Gasteiger charge is -2.32. The highest BCUT2D eigenvalue weighted by Gasteiger charge is 2.26. The molecule has 0 spiro atoms. The van der Waals surface area contributed by atoms with Crippen LogP contribution in [0.1, 0.15) is 23.5 Å². The van der Waals surface area contributed by atoms with Crippen LogP contribution >= 0.6 is 15.9 Å². The van der Waals surface area contributed by atoms with Crippen LogP contribution in [0.25, 0.3) is 0 Å². The van der Waals surface area contributed by atoms with E-state index in [9.17, 15) is 0 Å². The van der Waals surface area contributed by atoms with Crippen LogP contribution in [0.5, 0.6) is 0 Å². The maximum Gasteiger partial charge on any atom is 0.0175 e. The molecule has 1 fully saturated rings. The second kappa shape index (κ2) is 6.55. The third-order valence-electron chi connectivity index (χ3n) is 4.26. The maximum atomic E-state index is 3.55. The molecule has 0 aliphatic carbocycles. The van der Waals surface area contributed by atoms with Crippen LogP contribution in [-0.4, -0.2) is 13.1 Å². The van der Waals surface area contributed by atoms with Crippen molar-refractivity contribution in [2.45, 2.75) is 18.8 Å². The fourth-order valence-corrected chi connectivity index (χ4v) is 3.44. The molecule has 1 aliphatic rings. The van der Waals surface area contributed by atoms with Crippen LogP contribution in [0.15, 0.2) is 59.1 Å². The van der Waals surface area contributed by atoms with Crippen LogP contribution in [0.4, 0.5) is 0 Å². The molecule has 1 nitrogen and oxygen atoms in total. The highest BCUT2D eigenvalue weighted by molar-refractivity contribution is 9.10. The SMILES string of the molecule is Brc1ccc(CC2CCNCC2c2ccccc2)cc1. The van der Waals surface area contributed by atoms with Crippen LogP contribution in [0.3, 0.4) is 0 Å². The van der Waals surface area contributed by atoms with Gasteiger partial charge in [-0.25, -0.2) is 0 Å². The summed E-state index contributed by atoms with van der Waals surface area (Å²) in [6, 6.07) is 19.7. The fraction of sp³-hybridized carbons (Fsp3) is 0.333. The highest BCUT2D eigenvalue weighted by Crippen LogP contribution is 2.32. The quantitative estimate of drug-likeness (QED) is 0.880. The average molecular weight is 330 g/mol. The second-order valence-corrected chi connectivity index (χ2v) is 6.52. The first-order valence-corrected chi connectivity index (χ1v) is 8.12. The van der Waals surface area contributed by atoms with E-state index in [1.54, 1.807) is 0 Å². The molecule has 1 heterocycles. The normalized spacial score (nSPS) is 22.6. The molecule has 104 valence electrons. The van der Waals surface area contributed by atoms with Gasteiger partial charge in [0.2, 0.25) is 0 Å². The van der Waals surface area contributed by atoms with Crippen LogP contribution in [0, 0.1) is 5.92 Å². The summed E-state index contributed by atoms with van der Waals surface area (Å²) in [5.41, 5.74) is 2.92. The fourth-order valence-electron chi connectivity index (χ4n) is 3.17. The summed E-state index contributed by atoms with van der Waals surface area (Å²) < 4.78 is 1.16. The Morgan fingerprint density at radius 1 is 1.00 bits per heavy atom. The Morgan fingerprint density at radius 3 is 2.50 bits per heavy atom. The molecule has 2 aromatic rings. The van der Waals surface area contributed by atoms with Gasteiger partial charge in [0.25, 0.3) is 0 Å². The largest absolute Gasteiger partial charge is 0.316 e. The monoisotopic (exact) mass is 329 g/mol. The Kier molecular flexibility index (Phi) is 4.54. The van der Waals surface area contributed by atoms with Gasteiger partial charge in [-0.05, 0) is 54.5 Å². The van der Waals surface area contributed by atoms with Gasteiger partial charge in [0.05, 0.1) is 0 Å². The van der Waals surface area contributed by atoms with Crippen LogP contribution in [0.2, 0.25) is 0 Å². The van der Waals surface area contributed by atoms with Crippen molar-refractivity contribution in [3.8, 4) is 0 Å². The molecular weight excluding hydrogens is 310 g/mol. The van der Waals surface area contributed by atoms with Crippen molar-refractivity contribution in [1.82, 2.24) is 5.32 Å². The summed E-state index contributed by atoms with van der Waals surface area (Å²) in [7, 11) is 0. The number of benzene rings is 2. The molecule has 0 radical (unpaired) electrons. The number of rotatable bonds is 3. The van der Waals surface area contributed by atoms with E-state index < -0.39 is 0 Å². The Morgan fingerprint density at radius 2 is 1.75 bits per heavy atom. The van der Waals surface area contributed by atoms with Gasteiger partial charge in [-0.1, -0.05) is 58.4 Å². The van der Waals surface area contributed by atoms with Crippen LogP contribution in [-0.2, 0) is 6.42 Å². The van der Waals surface area contributed by atoms with E-state index in [2.05, 4.69) is 75.8 Å². The number of piperidine rings is 1. The van der Waals surface area contributed by atoms with E-state index >= 15 is 0 Å². The predicted octanol–water partition coefficient (Wildman–Crippen LogP) is 4.38. The van der Waals surface area contributed by atoms with Gasteiger partial charge in [-0.3, -0.25) is 0 Å². The highest BCUT2D eigenvalue weighted by atomic mass is 79.9. The van der Waals surface area contributed by atoms with Gasteiger partial charge >= 0.3 is 0 Å². The van der Waals surface area contributed by atoms with E-state index in [-0.39, 0.29) is 0 Å². The summed E-state index contributed by atoms with van der Waals surface area (Å²) in [5.74, 6) is 1.37. The van der Waals surface area contributed by atoms with Gasteiger partial charge in [0.15, 0.2) is 0 Å². The van der Waals surface area contributed by atoms with Gasteiger partial charge < -0.3 is 5.32 Å². The van der Waals surface area contributed by atoms with Crippen molar-refractivity contribution < 1.29 is 0 Å². The Balaban J connectivity index is 1.77. The summed E-state index contributed by atoms with van der Waals surface area (Å²) in [5, 5.41) is 3.55. The van der Waals surface area contributed by atoms with Crippen molar-refractivity contribution in [2.24, 2.45) is 5.92 Å². The molecule has 1 N–H and O–H groups in total. The minimum Gasteiger partial charge on any atom is -0.316 e. The topological polar surface area (TPSA) is 12.0 Å². The molecular formula is C18H20BrN. The van der Waals surface area contributed by atoms with Crippen molar-refractivity contribution in [2.75, 3.05) is 13.1 Å². The molecule has 0 saturated carbocycles. The smallest absolute Gasteiger partial charge is 0.0175 e. The first-order valence-electron chi connectivity index (χ1n) is 7.33. The predicted molar refractivity (Wildman–Crippen MR) is 88.0 cm³/mol.